The fraction of sp³-hybridized carbons (Fsp3) is 0.364. The molecule has 0 radical (unpaired) electrons. The molecule has 4 rings (SSSR count). The normalized spacial score (nSPS) is 14.9. The average molecular weight is 481 g/mol. The number of nitrogens with zero attached hydrogens (tertiary/aromatic N) is 2. The lowest BCUT2D eigenvalue weighted by Gasteiger charge is -2.31. The summed E-state index contributed by atoms with van der Waals surface area (Å²) in [5.74, 6) is 1.16. The van der Waals surface area contributed by atoms with Crippen LogP contribution in [0.4, 0.5) is 0 Å². The summed E-state index contributed by atoms with van der Waals surface area (Å²) in [6.45, 7) is 1.47. The second-order valence-electron chi connectivity index (χ2n) is 7.17. The Kier molecular flexibility index (Phi) is 7.41. The van der Waals surface area contributed by atoms with Gasteiger partial charge in [-0.25, -0.2) is 4.98 Å². The minimum Gasteiger partial charge on any atom is -0.467 e. The van der Waals surface area contributed by atoms with Crippen molar-refractivity contribution in [2.45, 2.75) is 36.7 Å². The number of benzene rings is 2. The number of thioether (sulfide) groups is 1. The van der Waals surface area contributed by atoms with Gasteiger partial charge < -0.3 is 9.64 Å². The monoisotopic (exact) mass is 480 g/mol. The van der Waals surface area contributed by atoms with Crippen molar-refractivity contribution in [3.05, 3.63) is 52.5 Å². The summed E-state index contributed by atoms with van der Waals surface area (Å²) < 4.78 is 7.11. The van der Waals surface area contributed by atoms with E-state index in [4.69, 9.17) is 27.9 Å². The van der Waals surface area contributed by atoms with Crippen LogP contribution in [0.5, 0.6) is 5.19 Å². The lowest BCUT2D eigenvalue weighted by Crippen LogP contribution is -2.41. The van der Waals surface area contributed by atoms with E-state index >= 15 is 0 Å². The number of para-hydroxylation sites is 1. The summed E-state index contributed by atoms with van der Waals surface area (Å²) in [5.41, 5.74) is 0.795. The number of aromatic nitrogens is 1. The molecular weight excluding hydrogens is 459 g/mol. The molecule has 158 valence electrons. The smallest absolute Gasteiger partial charge is 0.274 e. The van der Waals surface area contributed by atoms with Crippen molar-refractivity contribution >= 4 is 62.4 Å². The van der Waals surface area contributed by atoms with Crippen LogP contribution in [0.3, 0.4) is 0 Å². The molecule has 0 bridgehead atoms. The Bertz CT molecular complexity index is 1000. The van der Waals surface area contributed by atoms with Crippen LogP contribution in [-0.2, 0) is 4.79 Å². The molecule has 2 aromatic carbocycles. The van der Waals surface area contributed by atoms with Crippen LogP contribution in [0.2, 0.25) is 10.0 Å². The van der Waals surface area contributed by atoms with Crippen molar-refractivity contribution in [3.8, 4) is 5.19 Å². The molecule has 2 heterocycles. The van der Waals surface area contributed by atoms with Crippen LogP contribution in [0.1, 0.15) is 25.7 Å². The van der Waals surface area contributed by atoms with Gasteiger partial charge in [-0.2, -0.15) is 0 Å². The number of hydrogen-bond donors (Lipinski definition) is 0. The molecule has 0 N–H and O–H groups in total. The van der Waals surface area contributed by atoms with Gasteiger partial charge >= 0.3 is 0 Å². The average Bonchev–Trinajstić information content (AvgIpc) is 3.17. The Labute approximate surface area is 194 Å². The number of carbonyl (C=O) groups is 1. The van der Waals surface area contributed by atoms with E-state index in [-0.39, 0.29) is 12.0 Å². The maximum atomic E-state index is 12.5. The van der Waals surface area contributed by atoms with Gasteiger partial charge in [-0.3, -0.25) is 4.79 Å². The molecular formula is C22H22Cl2N2O2S2. The van der Waals surface area contributed by atoms with Gasteiger partial charge in [0.15, 0.2) is 0 Å². The zero-order chi connectivity index (χ0) is 20.9. The Hall–Kier alpha value is -1.47. The minimum atomic E-state index is 0.0915. The topological polar surface area (TPSA) is 42.4 Å². The first-order valence-electron chi connectivity index (χ1n) is 9.96. The van der Waals surface area contributed by atoms with E-state index in [1.807, 2.05) is 47.4 Å². The SMILES string of the molecule is O=C(CCCSc1ccc(Cl)cc1)N1CCC(Oc2nc3c(Cl)cccc3s2)CC1. The first kappa shape index (κ1) is 21.8. The molecule has 8 heteroatoms. The van der Waals surface area contributed by atoms with Crippen LogP contribution in [0, 0.1) is 0 Å². The second-order valence-corrected chi connectivity index (χ2v) is 10.2. The standard InChI is InChI=1S/C22H22Cl2N2O2S2/c23-15-6-8-17(9-7-15)29-14-2-5-20(27)26-12-10-16(11-13-26)28-22-25-21-18(24)3-1-4-19(21)30-22/h1,3-4,6-9,16H,2,5,10-14H2. The number of piperidine rings is 1. The van der Waals surface area contributed by atoms with Gasteiger partial charge in [0, 0.05) is 42.3 Å². The molecule has 1 fully saturated rings. The summed E-state index contributed by atoms with van der Waals surface area (Å²) in [6, 6.07) is 13.6. The minimum absolute atomic E-state index is 0.0915. The summed E-state index contributed by atoms with van der Waals surface area (Å²) in [5, 5.41) is 2.05. The van der Waals surface area contributed by atoms with Gasteiger partial charge in [-0.15, -0.1) is 11.8 Å². The molecule has 0 atom stereocenters. The number of fused-ring (bicyclic) bond motifs is 1. The number of ether oxygens (including phenoxy) is 1. The van der Waals surface area contributed by atoms with Crippen molar-refractivity contribution in [1.82, 2.24) is 9.88 Å². The molecule has 1 saturated heterocycles. The predicted octanol–water partition coefficient (Wildman–Crippen LogP) is 6.55. The van der Waals surface area contributed by atoms with E-state index in [9.17, 15) is 4.79 Å². The maximum absolute atomic E-state index is 12.5. The fourth-order valence-electron chi connectivity index (χ4n) is 3.41. The van der Waals surface area contributed by atoms with Crippen molar-refractivity contribution in [2.24, 2.45) is 0 Å². The van der Waals surface area contributed by atoms with E-state index in [1.54, 1.807) is 11.8 Å². The van der Waals surface area contributed by atoms with Crippen LogP contribution < -0.4 is 4.74 Å². The summed E-state index contributed by atoms with van der Waals surface area (Å²) in [7, 11) is 0. The van der Waals surface area contributed by atoms with E-state index < -0.39 is 0 Å². The summed E-state index contributed by atoms with van der Waals surface area (Å²) in [6.07, 6.45) is 3.20. The number of thiazole rings is 1. The maximum Gasteiger partial charge on any atom is 0.274 e. The van der Waals surface area contributed by atoms with Crippen LogP contribution in [0.15, 0.2) is 47.4 Å². The molecule has 1 amide bonds. The number of halogens is 2. The molecule has 1 aliphatic heterocycles. The van der Waals surface area contributed by atoms with E-state index in [0.29, 0.717) is 16.6 Å². The Balaban J connectivity index is 1.18. The van der Waals surface area contributed by atoms with E-state index in [0.717, 1.165) is 53.3 Å². The third-order valence-corrected chi connectivity index (χ3v) is 7.60. The molecule has 30 heavy (non-hydrogen) atoms. The molecule has 0 unspecified atom stereocenters. The van der Waals surface area contributed by atoms with Gasteiger partial charge in [-0.1, -0.05) is 40.6 Å². The first-order chi connectivity index (χ1) is 14.6. The fourth-order valence-corrected chi connectivity index (χ4v) is 5.57. The highest BCUT2D eigenvalue weighted by Crippen LogP contribution is 2.33. The summed E-state index contributed by atoms with van der Waals surface area (Å²) in [4.78, 5) is 20.2. The zero-order valence-electron chi connectivity index (χ0n) is 16.4. The number of carbonyl (C=O) groups excluding carboxylic acids is 1. The largest absolute Gasteiger partial charge is 0.467 e. The molecule has 0 aliphatic carbocycles. The number of amides is 1. The van der Waals surface area contributed by atoms with E-state index in [2.05, 4.69) is 4.98 Å². The highest BCUT2D eigenvalue weighted by molar-refractivity contribution is 7.99. The lowest BCUT2D eigenvalue weighted by molar-refractivity contribution is -0.133. The predicted molar refractivity (Wildman–Crippen MR) is 126 cm³/mol. The second kappa shape index (κ2) is 10.2. The quantitative estimate of drug-likeness (QED) is 0.284. The third kappa shape index (κ3) is 5.61. The highest BCUT2D eigenvalue weighted by atomic mass is 35.5. The molecule has 3 aromatic rings. The summed E-state index contributed by atoms with van der Waals surface area (Å²) >= 11 is 15.4. The van der Waals surface area contributed by atoms with Crippen molar-refractivity contribution in [1.29, 1.82) is 0 Å². The van der Waals surface area contributed by atoms with Crippen LogP contribution >= 0.6 is 46.3 Å². The first-order valence-corrected chi connectivity index (χ1v) is 12.5. The van der Waals surface area contributed by atoms with Crippen LogP contribution in [-0.4, -0.2) is 40.7 Å². The molecule has 0 spiro atoms. The lowest BCUT2D eigenvalue weighted by atomic mass is 10.1. The third-order valence-electron chi connectivity index (χ3n) is 5.03. The van der Waals surface area contributed by atoms with Gasteiger partial charge in [-0.05, 0) is 48.6 Å². The van der Waals surface area contributed by atoms with Crippen molar-refractivity contribution in [2.75, 3.05) is 18.8 Å². The van der Waals surface area contributed by atoms with Crippen molar-refractivity contribution in [3.63, 3.8) is 0 Å². The molecule has 1 aliphatic rings. The molecule has 4 nitrogen and oxygen atoms in total. The Morgan fingerprint density at radius 2 is 1.93 bits per heavy atom. The molecule has 0 saturated carbocycles. The number of likely N-dealkylation sites (tertiary alicyclic amines) is 1. The van der Waals surface area contributed by atoms with Gasteiger partial charge in [0.05, 0.1) is 9.72 Å². The van der Waals surface area contributed by atoms with Crippen LogP contribution in [0.25, 0.3) is 10.2 Å². The Morgan fingerprint density at radius 1 is 1.17 bits per heavy atom. The highest BCUT2D eigenvalue weighted by Gasteiger charge is 2.24. The number of rotatable bonds is 7. The van der Waals surface area contributed by atoms with Gasteiger partial charge in [0.2, 0.25) is 5.91 Å². The van der Waals surface area contributed by atoms with E-state index in [1.165, 1.54) is 16.2 Å². The zero-order valence-corrected chi connectivity index (χ0v) is 19.5. The number of hydrogen-bond acceptors (Lipinski definition) is 5. The van der Waals surface area contributed by atoms with Gasteiger partial charge in [0.25, 0.3) is 5.19 Å². The van der Waals surface area contributed by atoms with Crippen molar-refractivity contribution < 1.29 is 9.53 Å². The van der Waals surface area contributed by atoms with Gasteiger partial charge in [0.1, 0.15) is 11.6 Å². The Morgan fingerprint density at radius 3 is 2.67 bits per heavy atom. The molecule has 1 aromatic heterocycles.